The Morgan fingerprint density at radius 1 is 1.48 bits per heavy atom. The molecular formula is C16H22F2N2O3. The minimum atomic E-state index is -3.02. The number of alkyl halides is 2. The van der Waals surface area contributed by atoms with Crippen molar-refractivity contribution in [2.75, 3.05) is 26.7 Å². The Balaban J connectivity index is 1.97. The van der Waals surface area contributed by atoms with Gasteiger partial charge in [-0.05, 0) is 50.4 Å². The van der Waals surface area contributed by atoms with Crippen molar-refractivity contribution in [2.45, 2.75) is 25.9 Å². The van der Waals surface area contributed by atoms with E-state index < -0.39 is 12.5 Å². The van der Waals surface area contributed by atoms with E-state index in [1.807, 2.05) is 0 Å². The fourth-order valence-electron chi connectivity index (χ4n) is 2.72. The number of rotatable bonds is 7. The molecule has 1 unspecified atom stereocenters. The molecule has 1 aromatic rings. The number of piperidine rings is 1. The minimum absolute atomic E-state index is 0.0476. The Morgan fingerprint density at radius 3 is 2.96 bits per heavy atom. The molecule has 0 saturated carbocycles. The van der Waals surface area contributed by atoms with Gasteiger partial charge in [0.2, 0.25) is 0 Å². The molecule has 5 nitrogen and oxygen atoms in total. The van der Waals surface area contributed by atoms with E-state index in [-0.39, 0.29) is 17.1 Å². The van der Waals surface area contributed by atoms with Gasteiger partial charge < -0.3 is 20.1 Å². The van der Waals surface area contributed by atoms with E-state index in [4.69, 9.17) is 4.74 Å². The molecule has 1 fully saturated rings. The molecule has 1 aliphatic heterocycles. The molecule has 23 heavy (non-hydrogen) atoms. The van der Waals surface area contributed by atoms with E-state index >= 15 is 0 Å². The molecule has 0 bridgehead atoms. The molecule has 128 valence electrons. The van der Waals surface area contributed by atoms with E-state index in [1.165, 1.54) is 19.2 Å². The first-order valence-corrected chi connectivity index (χ1v) is 7.72. The van der Waals surface area contributed by atoms with Gasteiger partial charge in [-0.3, -0.25) is 4.79 Å². The third-order valence-electron chi connectivity index (χ3n) is 3.89. The second-order valence-corrected chi connectivity index (χ2v) is 5.47. The first-order valence-electron chi connectivity index (χ1n) is 7.72. The highest BCUT2D eigenvalue weighted by molar-refractivity contribution is 5.97. The van der Waals surface area contributed by atoms with Gasteiger partial charge in [-0.1, -0.05) is 6.07 Å². The van der Waals surface area contributed by atoms with Crippen LogP contribution in [-0.4, -0.2) is 39.3 Å². The van der Waals surface area contributed by atoms with Crippen molar-refractivity contribution < 1.29 is 23.0 Å². The zero-order valence-electron chi connectivity index (χ0n) is 13.1. The number of methoxy groups -OCH3 is 1. The Bertz CT molecular complexity index is 520. The quantitative estimate of drug-likeness (QED) is 0.807. The van der Waals surface area contributed by atoms with Crippen LogP contribution in [0.2, 0.25) is 0 Å². The Kier molecular flexibility index (Phi) is 6.58. The van der Waals surface area contributed by atoms with Crippen molar-refractivity contribution in [2.24, 2.45) is 5.92 Å². The van der Waals surface area contributed by atoms with Crippen LogP contribution in [0.25, 0.3) is 0 Å². The largest absolute Gasteiger partial charge is 0.493 e. The van der Waals surface area contributed by atoms with Crippen LogP contribution in [0.5, 0.6) is 11.5 Å². The monoisotopic (exact) mass is 328 g/mol. The lowest BCUT2D eigenvalue weighted by Gasteiger charge is -2.22. The van der Waals surface area contributed by atoms with Crippen LogP contribution in [0.3, 0.4) is 0 Å². The number of amides is 1. The lowest BCUT2D eigenvalue weighted by atomic mass is 9.96. The zero-order chi connectivity index (χ0) is 16.7. The SMILES string of the molecule is COc1cccc(C(=O)NCCC2CCCNC2)c1OC(F)F. The number of para-hydroxylation sites is 1. The molecule has 1 aromatic carbocycles. The van der Waals surface area contributed by atoms with Gasteiger partial charge in [0.15, 0.2) is 11.5 Å². The molecule has 2 N–H and O–H groups in total. The molecule has 2 rings (SSSR count). The predicted molar refractivity (Wildman–Crippen MR) is 82.2 cm³/mol. The Hall–Kier alpha value is -1.89. The Morgan fingerprint density at radius 2 is 2.30 bits per heavy atom. The fraction of sp³-hybridized carbons (Fsp3) is 0.562. The third kappa shape index (κ3) is 5.06. The summed E-state index contributed by atoms with van der Waals surface area (Å²) in [5.41, 5.74) is 0.0476. The maximum Gasteiger partial charge on any atom is 0.387 e. The van der Waals surface area contributed by atoms with Crippen molar-refractivity contribution >= 4 is 5.91 Å². The minimum Gasteiger partial charge on any atom is -0.493 e. The maximum atomic E-state index is 12.6. The fourth-order valence-corrected chi connectivity index (χ4v) is 2.72. The van der Waals surface area contributed by atoms with Crippen molar-refractivity contribution in [3.05, 3.63) is 23.8 Å². The number of halogens is 2. The molecule has 0 radical (unpaired) electrons. The van der Waals surface area contributed by atoms with Crippen LogP contribution in [0.15, 0.2) is 18.2 Å². The summed E-state index contributed by atoms with van der Waals surface area (Å²) < 4.78 is 34.6. The van der Waals surface area contributed by atoms with Gasteiger partial charge in [0.05, 0.1) is 12.7 Å². The smallest absolute Gasteiger partial charge is 0.387 e. The maximum absolute atomic E-state index is 12.6. The zero-order valence-corrected chi connectivity index (χ0v) is 13.1. The summed E-state index contributed by atoms with van der Waals surface area (Å²) >= 11 is 0. The Labute approximate surface area is 134 Å². The van der Waals surface area contributed by atoms with Crippen LogP contribution in [0.4, 0.5) is 8.78 Å². The first kappa shape index (κ1) is 17.5. The van der Waals surface area contributed by atoms with Gasteiger partial charge in [0, 0.05) is 6.54 Å². The van der Waals surface area contributed by atoms with Crippen LogP contribution in [0.1, 0.15) is 29.6 Å². The van der Waals surface area contributed by atoms with Crippen molar-refractivity contribution in [3.63, 3.8) is 0 Å². The van der Waals surface area contributed by atoms with Crippen LogP contribution in [0, 0.1) is 5.92 Å². The number of nitrogens with one attached hydrogen (secondary N) is 2. The highest BCUT2D eigenvalue weighted by Gasteiger charge is 2.20. The molecule has 0 spiro atoms. The number of hydrogen-bond acceptors (Lipinski definition) is 4. The number of carbonyl (C=O) groups is 1. The molecule has 1 aliphatic rings. The molecule has 1 atom stereocenters. The normalized spacial score (nSPS) is 17.8. The number of carbonyl (C=O) groups excluding carboxylic acids is 1. The molecule has 1 saturated heterocycles. The average Bonchev–Trinajstić information content (AvgIpc) is 2.55. The lowest BCUT2D eigenvalue weighted by Crippen LogP contribution is -2.33. The molecular weight excluding hydrogens is 306 g/mol. The topological polar surface area (TPSA) is 59.6 Å². The van der Waals surface area contributed by atoms with Gasteiger partial charge in [-0.25, -0.2) is 0 Å². The average molecular weight is 328 g/mol. The summed E-state index contributed by atoms with van der Waals surface area (Å²) in [7, 11) is 1.34. The van der Waals surface area contributed by atoms with E-state index in [0.29, 0.717) is 12.5 Å². The highest BCUT2D eigenvalue weighted by atomic mass is 19.3. The summed E-state index contributed by atoms with van der Waals surface area (Å²) in [4.78, 5) is 12.2. The lowest BCUT2D eigenvalue weighted by molar-refractivity contribution is -0.0515. The van der Waals surface area contributed by atoms with Gasteiger partial charge >= 0.3 is 6.61 Å². The molecule has 1 heterocycles. The van der Waals surface area contributed by atoms with Crippen LogP contribution >= 0.6 is 0 Å². The standard InChI is InChI=1S/C16H22F2N2O3/c1-22-13-6-2-5-12(14(13)23-16(17)18)15(21)20-9-7-11-4-3-8-19-10-11/h2,5-6,11,16,19H,3-4,7-10H2,1H3,(H,20,21). The first-order chi connectivity index (χ1) is 11.1. The van der Waals surface area contributed by atoms with Crippen molar-refractivity contribution in [3.8, 4) is 11.5 Å². The van der Waals surface area contributed by atoms with Crippen molar-refractivity contribution in [1.29, 1.82) is 0 Å². The molecule has 1 amide bonds. The highest BCUT2D eigenvalue weighted by Crippen LogP contribution is 2.32. The van der Waals surface area contributed by atoms with E-state index in [1.54, 1.807) is 6.07 Å². The van der Waals surface area contributed by atoms with E-state index in [2.05, 4.69) is 15.4 Å². The van der Waals surface area contributed by atoms with Gasteiger partial charge in [-0.2, -0.15) is 8.78 Å². The summed E-state index contributed by atoms with van der Waals surface area (Å²) in [6.07, 6.45) is 3.14. The summed E-state index contributed by atoms with van der Waals surface area (Å²) in [6.45, 7) is -0.530. The second kappa shape index (κ2) is 8.67. The summed E-state index contributed by atoms with van der Waals surface area (Å²) in [6, 6.07) is 4.48. The number of benzene rings is 1. The molecule has 0 aliphatic carbocycles. The van der Waals surface area contributed by atoms with Crippen LogP contribution < -0.4 is 20.1 Å². The van der Waals surface area contributed by atoms with Gasteiger partial charge in [0.25, 0.3) is 5.91 Å². The van der Waals surface area contributed by atoms with Crippen molar-refractivity contribution in [1.82, 2.24) is 10.6 Å². The van der Waals surface area contributed by atoms with E-state index in [0.717, 1.165) is 32.4 Å². The van der Waals surface area contributed by atoms with Crippen LogP contribution in [-0.2, 0) is 0 Å². The summed E-state index contributed by atoms with van der Waals surface area (Å²) in [5, 5.41) is 6.08. The van der Waals surface area contributed by atoms with Gasteiger partial charge in [-0.15, -0.1) is 0 Å². The molecule has 0 aromatic heterocycles. The molecule has 7 heteroatoms. The van der Waals surface area contributed by atoms with E-state index in [9.17, 15) is 13.6 Å². The number of hydrogen-bond donors (Lipinski definition) is 2. The van der Waals surface area contributed by atoms with Gasteiger partial charge in [0.1, 0.15) is 0 Å². The third-order valence-corrected chi connectivity index (χ3v) is 3.89. The predicted octanol–water partition coefficient (Wildman–Crippen LogP) is 2.42. The second-order valence-electron chi connectivity index (χ2n) is 5.47. The number of ether oxygens (including phenoxy) is 2. The summed E-state index contributed by atoms with van der Waals surface area (Å²) in [5.74, 6) is -0.0364.